The lowest BCUT2D eigenvalue weighted by Gasteiger charge is -2.08. The summed E-state index contributed by atoms with van der Waals surface area (Å²) in [5.74, 6) is 0. The number of rotatable bonds is 3. The topological polar surface area (TPSA) is 84.1 Å². The smallest absolute Gasteiger partial charge is 0.414 e. The molecule has 21 heavy (non-hydrogen) atoms. The molecule has 8 heteroatoms. The Labute approximate surface area is 130 Å². The van der Waals surface area contributed by atoms with E-state index in [0.717, 1.165) is 11.1 Å². The molecule has 0 aliphatic carbocycles. The quantitative estimate of drug-likeness (QED) is 0.848. The molecule has 0 aliphatic rings. The summed E-state index contributed by atoms with van der Waals surface area (Å²) < 4.78 is 4.53. The fourth-order valence-electron chi connectivity index (χ4n) is 1.73. The van der Waals surface area contributed by atoms with Crippen molar-refractivity contribution in [3.05, 3.63) is 46.2 Å². The molecule has 0 fully saturated rings. The predicted molar refractivity (Wildman–Crippen MR) is 80.6 cm³/mol. The van der Waals surface area contributed by atoms with Crippen molar-refractivity contribution in [2.45, 2.75) is 11.9 Å². The highest BCUT2D eigenvalue weighted by Crippen LogP contribution is 2.21. The van der Waals surface area contributed by atoms with Crippen LogP contribution >= 0.6 is 23.2 Å². The second kappa shape index (κ2) is 6.60. The number of H-pyrrole nitrogens is 1. The van der Waals surface area contributed by atoms with Crippen LogP contribution in [0, 0.1) is 6.92 Å². The number of aryl methyl sites for hydroxylation is 1. The minimum atomic E-state index is -1.22. The van der Waals surface area contributed by atoms with E-state index in [-0.39, 0.29) is 5.56 Å². The summed E-state index contributed by atoms with van der Waals surface area (Å²) in [5.41, 5.74) is 2.47. The molecule has 0 saturated carbocycles. The number of anilines is 1. The zero-order chi connectivity index (χ0) is 15.4. The van der Waals surface area contributed by atoms with Crippen molar-refractivity contribution >= 4 is 35.0 Å². The Morgan fingerprint density at radius 2 is 2.00 bits per heavy atom. The molecular formula is C13H11Cl2N3O3. The molecule has 0 bridgehead atoms. The third-order valence-electron chi connectivity index (χ3n) is 2.60. The summed E-state index contributed by atoms with van der Waals surface area (Å²) in [4.78, 5) is 22.5. The predicted octanol–water partition coefficient (Wildman–Crippen LogP) is 3.06. The Morgan fingerprint density at radius 3 is 2.57 bits per heavy atom. The Bertz CT molecular complexity index is 699. The minimum absolute atomic E-state index is 0.256. The van der Waals surface area contributed by atoms with Crippen molar-refractivity contribution in [1.29, 1.82) is 0 Å². The molecule has 1 amide bonds. The molecule has 1 heterocycles. The van der Waals surface area contributed by atoms with Gasteiger partial charge in [0.1, 0.15) is 0 Å². The van der Waals surface area contributed by atoms with E-state index in [9.17, 15) is 9.59 Å². The highest BCUT2D eigenvalue weighted by atomic mass is 35.5. The lowest BCUT2D eigenvalue weighted by atomic mass is 10.1. The van der Waals surface area contributed by atoms with E-state index < -0.39 is 11.1 Å². The largest absolute Gasteiger partial charge is 0.415 e. The fourth-order valence-corrected chi connectivity index (χ4v) is 1.89. The Kier molecular flexibility index (Phi) is 4.82. The molecule has 110 valence electrons. The average molecular weight is 328 g/mol. The maximum absolute atomic E-state index is 11.3. The van der Waals surface area contributed by atoms with Crippen molar-refractivity contribution in [2.24, 2.45) is 0 Å². The van der Waals surface area contributed by atoms with Crippen LogP contribution in [0.2, 0.25) is 0 Å². The number of benzene rings is 1. The van der Waals surface area contributed by atoms with Crippen LogP contribution in [0.15, 0.2) is 35.1 Å². The van der Waals surface area contributed by atoms with Crippen LogP contribution < -0.4 is 10.9 Å². The van der Waals surface area contributed by atoms with Crippen LogP contribution in [-0.2, 0) is 4.74 Å². The number of carbonyl (C=O) groups excluding carboxylic acids is 1. The van der Waals surface area contributed by atoms with Gasteiger partial charge < -0.3 is 4.74 Å². The summed E-state index contributed by atoms with van der Waals surface area (Å²) in [6.45, 7) is 1.79. The van der Waals surface area contributed by atoms with E-state index in [4.69, 9.17) is 23.2 Å². The van der Waals surface area contributed by atoms with Gasteiger partial charge in [-0.3, -0.25) is 10.1 Å². The number of hydrogen-bond acceptors (Lipinski definition) is 4. The van der Waals surface area contributed by atoms with Gasteiger partial charge in [0.15, 0.2) is 0 Å². The second-order valence-electron chi connectivity index (χ2n) is 4.13. The van der Waals surface area contributed by atoms with E-state index in [0.29, 0.717) is 11.4 Å². The number of hydrogen-bond donors (Lipinski definition) is 2. The van der Waals surface area contributed by atoms with Gasteiger partial charge in [0.05, 0.1) is 5.69 Å². The highest BCUT2D eigenvalue weighted by molar-refractivity contribution is 6.43. The Morgan fingerprint density at radius 1 is 1.33 bits per heavy atom. The summed E-state index contributed by atoms with van der Waals surface area (Å²) >= 11 is 10.6. The third-order valence-corrected chi connectivity index (χ3v) is 2.78. The molecule has 0 unspecified atom stereocenters. The molecular weight excluding hydrogens is 317 g/mol. The molecule has 6 nitrogen and oxygen atoms in total. The maximum atomic E-state index is 11.3. The van der Waals surface area contributed by atoms with E-state index in [1.165, 1.54) is 6.07 Å². The Hall–Kier alpha value is -2.05. The van der Waals surface area contributed by atoms with E-state index in [2.05, 4.69) is 20.3 Å². The molecule has 0 saturated heterocycles. The normalized spacial score (nSPS) is 10.5. The number of amides is 1. The number of nitrogens with one attached hydrogen (secondary N) is 2. The van der Waals surface area contributed by atoms with Gasteiger partial charge in [-0.1, -0.05) is 35.3 Å². The average Bonchev–Trinajstić information content (AvgIpc) is 2.39. The third kappa shape index (κ3) is 4.21. The van der Waals surface area contributed by atoms with Gasteiger partial charge in [-0.15, -0.1) is 0 Å². The molecule has 1 aromatic carbocycles. The highest BCUT2D eigenvalue weighted by Gasteiger charge is 2.09. The number of alkyl halides is 2. The summed E-state index contributed by atoms with van der Waals surface area (Å²) in [7, 11) is 0. The van der Waals surface area contributed by atoms with Gasteiger partial charge in [-0.2, -0.15) is 5.10 Å². The number of aromatic nitrogens is 2. The van der Waals surface area contributed by atoms with Crippen molar-refractivity contribution in [3.63, 3.8) is 0 Å². The molecule has 0 spiro atoms. The lowest BCUT2D eigenvalue weighted by molar-refractivity contribution is 0.171. The minimum Gasteiger partial charge on any atom is -0.415 e. The summed E-state index contributed by atoms with van der Waals surface area (Å²) in [6.07, 6.45) is -0.754. The van der Waals surface area contributed by atoms with Crippen LogP contribution in [0.4, 0.5) is 10.5 Å². The van der Waals surface area contributed by atoms with Crippen LogP contribution in [-0.4, -0.2) is 21.3 Å². The zero-order valence-corrected chi connectivity index (χ0v) is 12.4. The molecule has 2 rings (SSSR count). The standard InChI is InChI=1S/C13H11Cl2N3O3/c1-7-6-10(19)17-18-11(7)8-2-4-9(5-3-8)16-13(20)21-12(14)15/h2-6,12H,1H3,(H,16,20)(H,17,19). The molecule has 1 aromatic heterocycles. The van der Waals surface area contributed by atoms with Gasteiger partial charge in [-0.05, 0) is 24.6 Å². The molecule has 2 aromatic rings. The molecule has 0 aliphatic heterocycles. The number of aromatic amines is 1. The molecule has 2 N–H and O–H groups in total. The first-order valence-corrected chi connectivity index (χ1v) is 6.75. The first-order chi connectivity index (χ1) is 9.95. The van der Waals surface area contributed by atoms with Crippen molar-refractivity contribution in [2.75, 3.05) is 5.32 Å². The van der Waals surface area contributed by atoms with Crippen molar-refractivity contribution < 1.29 is 9.53 Å². The summed E-state index contributed by atoms with van der Waals surface area (Å²) in [6, 6.07) is 8.30. The first-order valence-electron chi connectivity index (χ1n) is 5.88. The van der Waals surface area contributed by atoms with Crippen LogP contribution in [0.1, 0.15) is 5.56 Å². The van der Waals surface area contributed by atoms with Gasteiger partial charge >= 0.3 is 6.09 Å². The molecule has 0 radical (unpaired) electrons. The Balaban J connectivity index is 2.15. The fraction of sp³-hybridized carbons (Fsp3) is 0.154. The number of ether oxygens (including phenoxy) is 1. The number of nitrogens with zero attached hydrogens (tertiary/aromatic N) is 1. The summed E-state index contributed by atoms with van der Waals surface area (Å²) in [5, 5.41) is 7.62. The first kappa shape index (κ1) is 15.3. The van der Waals surface area contributed by atoms with Crippen molar-refractivity contribution in [1.82, 2.24) is 10.2 Å². The van der Waals surface area contributed by atoms with Gasteiger partial charge in [0, 0.05) is 17.3 Å². The van der Waals surface area contributed by atoms with E-state index in [1.54, 1.807) is 31.2 Å². The van der Waals surface area contributed by atoms with Crippen LogP contribution in [0.3, 0.4) is 0 Å². The second-order valence-corrected chi connectivity index (χ2v) is 5.15. The van der Waals surface area contributed by atoms with E-state index in [1.807, 2.05) is 0 Å². The van der Waals surface area contributed by atoms with Crippen LogP contribution in [0.25, 0.3) is 11.3 Å². The van der Waals surface area contributed by atoms with Crippen LogP contribution in [0.5, 0.6) is 0 Å². The van der Waals surface area contributed by atoms with Gasteiger partial charge in [0.25, 0.3) is 10.6 Å². The SMILES string of the molecule is Cc1cc(=O)[nH]nc1-c1ccc(NC(=O)OC(Cl)Cl)cc1. The van der Waals surface area contributed by atoms with Gasteiger partial charge in [-0.25, -0.2) is 9.89 Å². The number of halogens is 2. The van der Waals surface area contributed by atoms with Crippen molar-refractivity contribution in [3.8, 4) is 11.3 Å². The van der Waals surface area contributed by atoms with Gasteiger partial charge in [0.2, 0.25) is 0 Å². The monoisotopic (exact) mass is 327 g/mol. The maximum Gasteiger partial charge on any atom is 0.414 e. The van der Waals surface area contributed by atoms with E-state index >= 15 is 0 Å². The zero-order valence-electron chi connectivity index (χ0n) is 10.9. The molecule has 0 atom stereocenters. The lowest BCUT2D eigenvalue weighted by Crippen LogP contribution is -2.15. The number of carbonyl (C=O) groups is 1.